The maximum Gasteiger partial charge on any atom is 0.335 e. The number of aromatic carboxylic acids is 1. The number of anilines is 1. The quantitative estimate of drug-likeness (QED) is 0.334. The molecule has 3 aromatic rings. The summed E-state index contributed by atoms with van der Waals surface area (Å²) in [6.07, 6.45) is 16.0. The van der Waals surface area contributed by atoms with Crippen molar-refractivity contribution in [3.05, 3.63) is 53.1 Å². The van der Waals surface area contributed by atoms with Gasteiger partial charge in [-0.1, -0.05) is 50.3 Å². The highest BCUT2D eigenvalue weighted by Crippen LogP contribution is 2.47. The van der Waals surface area contributed by atoms with E-state index in [0.29, 0.717) is 11.5 Å². The van der Waals surface area contributed by atoms with E-state index in [4.69, 9.17) is 0 Å². The van der Waals surface area contributed by atoms with Crippen LogP contribution in [0.2, 0.25) is 0 Å². The highest BCUT2D eigenvalue weighted by atomic mass is 16.4. The van der Waals surface area contributed by atoms with Gasteiger partial charge in [-0.3, -0.25) is 0 Å². The maximum absolute atomic E-state index is 12.0. The Morgan fingerprint density at radius 3 is 2.49 bits per heavy atom. The zero-order valence-electron chi connectivity index (χ0n) is 24.9. The summed E-state index contributed by atoms with van der Waals surface area (Å²) in [5.41, 5.74) is 8.37. The second-order valence-electron chi connectivity index (χ2n) is 13.5. The fourth-order valence-electron chi connectivity index (χ4n) is 8.79. The van der Waals surface area contributed by atoms with E-state index < -0.39 is 5.97 Å². The second kappa shape index (κ2) is 11.5. The largest absolute Gasteiger partial charge is 0.478 e. The lowest BCUT2D eigenvalue weighted by Crippen LogP contribution is -2.42. The van der Waals surface area contributed by atoms with Gasteiger partial charge < -0.3 is 19.5 Å². The molecular weight excluding hydrogens is 506 g/mol. The molecule has 2 aromatic carbocycles. The standard InChI is InChI=1S/C36H47N3O2/c1-25-13-15-31-32(22-25)37(19-17-26-8-7-18-38(24-26)29-11-5-6-12-29)20-21-39-33-23-28(36(40)41)14-16-30(33)34(35(31)39)27-9-3-2-4-10-27/h13-16,22-23,26-27,29H,2-12,17-21,24H2,1H3,(H,40,41)/t26-/m0/s1. The summed E-state index contributed by atoms with van der Waals surface area (Å²) in [6.45, 7) is 7.77. The molecule has 0 bridgehead atoms. The second-order valence-corrected chi connectivity index (χ2v) is 13.5. The van der Waals surface area contributed by atoms with Crippen molar-refractivity contribution in [1.82, 2.24) is 9.47 Å². The monoisotopic (exact) mass is 553 g/mol. The Hall–Kier alpha value is -2.79. The predicted octanol–water partition coefficient (Wildman–Crippen LogP) is 8.23. The van der Waals surface area contributed by atoms with Crippen molar-refractivity contribution in [2.75, 3.05) is 31.1 Å². The van der Waals surface area contributed by atoms with Crippen LogP contribution in [0.5, 0.6) is 0 Å². The third kappa shape index (κ3) is 5.20. The molecule has 2 aliphatic carbocycles. The van der Waals surface area contributed by atoms with Crippen molar-refractivity contribution >= 4 is 22.6 Å². The molecule has 41 heavy (non-hydrogen) atoms. The average molecular weight is 554 g/mol. The zero-order valence-corrected chi connectivity index (χ0v) is 24.9. The first-order valence-corrected chi connectivity index (χ1v) is 16.6. The van der Waals surface area contributed by atoms with Crippen LogP contribution < -0.4 is 4.90 Å². The predicted molar refractivity (Wildman–Crippen MR) is 168 cm³/mol. The van der Waals surface area contributed by atoms with Crippen molar-refractivity contribution in [1.29, 1.82) is 0 Å². The van der Waals surface area contributed by atoms with Crippen LogP contribution in [0.25, 0.3) is 22.2 Å². The molecule has 0 spiro atoms. The van der Waals surface area contributed by atoms with Crippen molar-refractivity contribution in [2.45, 2.75) is 102 Å². The van der Waals surface area contributed by atoms with Crippen LogP contribution in [0.15, 0.2) is 36.4 Å². The van der Waals surface area contributed by atoms with Gasteiger partial charge in [0.1, 0.15) is 0 Å². The first-order chi connectivity index (χ1) is 20.1. The van der Waals surface area contributed by atoms with E-state index in [1.54, 1.807) is 0 Å². The molecule has 3 heterocycles. The number of piperidine rings is 1. The number of likely N-dealkylation sites (tertiary alicyclic amines) is 1. The summed E-state index contributed by atoms with van der Waals surface area (Å²) in [5, 5.41) is 11.1. The third-order valence-electron chi connectivity index (χ3n) is 10.9. The summed E-state index contributed by atoms with van der Waals surface area (Å²) in [6, 6.07) is 13.8. The van der Waals surface area contributed by atoms with E-state index in [-0.39, 0.29) is 0 Å². The van der Waals surface area contributed by atoms with Crippen LogP contribution in [0, 0.1) is 12.8 Å². The molecule has 7 rings (SSSR count). The highest BCUT2D eigenvalue weighted by molar-refractivity contribution is 5.99. The zero-order chi connectivity index (χ0) is 27.9. The Balaban J connectivity index is 1.24. The van der Waals surface area contributed by atoms with Gasteiger partial charge in [0.25, 0.3) is 0 Å². The van der Waals surface area contributed by atoms with Crippen molar-refractivity contribution in [2.24, 2.45) is 5.92 Å². The number of hydrogen-bond donors (Lipinski definition) is 1. The molecule has 0 radical (unpaired) electrons. The van der Waals surface area contributed by atoms with Gasteiger partial charge in [0.15, 0.2) is 0 Å². The summed E-state index contributed by atoms with van der Waals surface area (Å²) >= 11 is 0. The lowest BCUT2D eigenvalue weighted by Gasteiger charge is -2.38. The number of hydrogen-bond acceptors (Lipinski definition) is 3. The Kier molecular flexibility index (Phi) is 7.57. The van der Waals surface area contributed by atoms with Gasteiger partial charge in [-0.15, -0.1) is 0 Å². The van der Waals surface area contributed by atoms with Gasteiger partial charge in [0, 0.05) is 54.4 Å². The molecule has 3 fully saturated rings. The van der Waals surface area contributed by atoms with Crippen molar-refractivity contribution in [3.63, 3.8) is 0 Å². The van der Waals surface area contributed by atoms with Crippen molar-refractivity contribution in [3.8, 4) is 11.3 Å². The van der Waals surface area contributed by atoms with E-state index in [2.05, 4.69) is 45.6 Å². The number of fused-ring (bicyclic) bond motifs is 5. The SMILES string of the molecule is Cc1ccc2c(c1)N(CC[C@@H]1CCCN(C3CCCC3)C1)CCn1c-2c(C2CCCCC2)c2ccc(C(=O)O)cc21. The van der Waals surface area contributed by atoms with Gasteiger partial charge in [-0.05, 0) is 99.6 Å². The summed E-state index contributed by atoms with van der Waals surface area (Å²) < 4.78 is 2.49. The van der Waals surface area contributed by atoms with Crippen LogP contribution >= 0.6 is 0 Å². The van der Waals surface area contributed by atoms with E-state index in [1.807, 2.05) is 12.1 Å². The topological polar surface area (TPSA) is 48.7 Å². The minimum atomic E-state index is -0.841. The summed E-state index contributed by atoms with van der Waals surface area (Å²) in [7, 11) is 0. The lowest BCUT2D eigenvalue weighted by molar-refractivity contribution is 0.0697. The van der Waals surface area contributed by atoms with Gasteiger partial charge >= 0.3 is 5.97 Å². The number of carbonyl (C=O) groups is 1. The van der Waals surface area contributed by atoms with Gasteiger partial charge in [0.05, 0.1) is 11.3 Å². The third-order valence-corrected chi connectivity index (χ3v) is 10.9. The molecular formula is C36H47N3O2. The Labute approximate surface area is 245 Å². The highest BCUT2D eigenvalue weighted by Gasteiger charge is 2.32. The first kappa shape index (κ1) is 27.1. The molecule has 0 amide bonds. The molecule has 5 heteroatoms. The number of aromatic nitrogens is 1. The van der Waals surface area contributed by atoms with E-state index in [0.717, 1.165) is 37.1 Å². The molecule has 1 aromatic heterocycles. The lowest BCUT2D eigenvalue weighted by atomic mass is 9.81. The number of nitrogens with zero attached hydrogens (tertiary/aromatic N) is 3. The Morgan fingerprint density at radius 2 is 1.68 bits per heavy atom. The minimum Gasteiger partial charge on any atom is -0.478 e. The first-order valence-electron chi connectivity index (χ1n) is 16.6. The van der Waals surface area contributed by atoms with E-state index in [1.165, 1.54) is 124 Å². The number of aryl methyl sites for hydroxylation is 1. The molecule has 5 nitrogen and oxygen atoms in total. The molecule has 2 aliphatic heterocycles. The van der Waals surface area contributed by atoms with Gasteiger partial charge in [0.2, 0.25) is 0 Å². The van der Waals surface area contributed by atoms with Gasteiger partial charge in [-0.25, -0.2) is 4.79 Å². The minimum absolute atomic E-state index is 0.391. The molecule has 218 valence electrons. The summed E-state index contributed by atoms with van der Waals surface area (Å²) in [5.74, 6) is 0.492. The molecule has 0 unspecified atom stereocenters. The smallest absolute Gasteiger partial charge is 0.335 e. The number of rotatable bonds is 6. The molecule has 4 aliphatic rings. The molecule has 1 saturated heterocycles. The molecule has 1 atom stereocenters. The number of carboxylic acids is 1. The fraction of sp³-hybridized carbons (Fsp3) is 0.583. The van der Waals surface area contributed by atoms with Crippen LogP contribution in [0.1, 0.15) is 104 Å². The van der Waals surface area contributed by atoms with Crippen LogP contribution in [-0.2, 0) is 6.54 Å². The maximum atomic E-state index is 12.0. The van der Waals surface area contributed by atoms with Crippen LogP contribution in [0.3, 0.4) is 0 Å². The van der Waals surface area contributed by atoms with E-state index in [9.17, 15) is 9.90 Å². The number of carboxylic acid groups (broad SMARTS) is 1. The van der Waals surface area contributed by atoms with Crippen molar-refractivity contribution < 1.29 is 9.90 Å². The summed E-state index contributed by atoms with van der Waals surface area (Å²) in [4.78, 5) is 17.5. The normalized spacial score (nSPS) is 22.6. The fourth-order valence-corrected chi connectivity index (χ4v) is 8.79. The molecule has 1 N–H and O–H groups in total. The Morgan fingerprint density at radius 1 is 0.878 bits per heavy atom. The average Bonchev–Trinajstić information content (AvgIpc) is 3.61. The van der Waals surface area contributed by atoms with Crippen LogP contribution in [-0.4, -0.2) is 52.8 Å². The molecule has 2 saturated carbocycles. The van der Waals surface area contributed by atoms with E-state index >= 15 is 0 Å². The number of benzene rings is 2. The van der Waals surface area contributed by atoms with Crippen LogP contribution in [0.4, 0.5) is 5.69 Å². The Bertz CT molecular complexity index is 1410. The van der Waals surface area contributed by atoms with Gasteiger partial charge in [-0.2, -0.15) is 0 Å².